The highest BCUT2D eigenvalue weighted by Crippen LogP contribution is 2.38. The number of ether oxygens (including phenoxy) is 1. The van der Waals surface area contributed by atoms with Crippen LogP contribution >= 0.6 is 0 Å². The first-order valence-electron chi connectivity index (χ1n) is 13.6. The summed E-state index contributed by atoms with van der Waals surface area (Å²) in [6, 6.07) is 8.39. The van der Waals surface area contributed by atoms with Gasteiger partial charge in [0.15, 0.2) is 23.1 Å². The number of hydrogen-bond donors (Lipinski definition) is 3. The highest BCUT2D eigenvalue weighted by atomic mass is 19.4. The molecule has 5 rings (SSSR count). The van der Waals surface area contributed by atoms with Gasteiger partial charge < -0.3 is 20.7 Å². The van der Waals surface area contributed by atoms with Crippen LogP contribution in [0.15, 0.2) is 55.0 Å². The van der Waals surface area contributed by atoms with E-state index in [0.717, 1.165) is 25.1 Å². The van der Waals surface area contributed by atoms with Crippen LogP contribution in [0.4, 0.5) is 30.4 Å². The van der Waals surface area contributed by atoms with E-state index < -0.39 is 24.8 Å². The van der Waals surface area contributed by atoms with E-state index in [1.807, 2.05) is 5.32 Å². The second-order valence-electron chi connectivity index (χ2n) is 8.95. The molecule has 2 amide bonds. The van der Waals surface area contributed by atoms with Crippen molar-refractivity contribution in [2.45, 2.75) is 19.0 Å². The summed E-state index contributed by atoms with van der Waals surface area (Å²) in [6.07, 6.45) is 0.856. The van der Waals surface area contributed by atoms with Gasteiger partial charge in [-0.05, 0) is 31.0 Å². The molecular weight excluding hydrogens is 541 g/mol. The first kappa shape index (κ1) is 23.7. The molecule has 41 heavy (non-hydrogen) atoms. The Hall–Kier alpha value is -5.14. The average molecular weight is 568 g/mol. The van der Waals surface area contributed by atoms with Crippen molar-refractivity contribution in [3.05, 3.63) is 66.4 Å². The Bertz CT molecular complexity index is 1700. The van der Waals surface area contributed by atoms with Gasteiger partial charge in [-0.25, -0.2) is 9.97 Å². The fourth-order valence-corrected chi connectivity index (χ4v) is 3.87. The third-order valence-corrected chi connectivity index (χ3v) is 6.09. The van der Waals surface area contributed by atoms with Gasteiger partial charge in [0.2, 0.25) is 5.91 Å². The number of alkyl halides is 3. The highest BCUT2D eigenvalue weighted by molar-refractivity contribution is 6.00. The van der Waals surface area contributed by atoms with Gasteiger partial charge >= 0.3 is 6.18 Å². The number of methoxy groups -OCH3 is 1. The summed E-state index contributed by atoms with van der Waals surface area (Å²) < 4.78 is 66.3. The van der Waals surface area contributed by atoms with Crippen LogP contribution in [-0.2, 0) is 11.0 Å². The van der Waals surface area contributed by atoms with Crippen LogP contribution in [0.25, 0.3) is 22.5 Å². The number of rotatable bonds is 8. The number of para-hydroxylation sites is 1. The van der Waals surface area contributed by atoms with Crippen LogP contribution in [0.5, 0.6) is 5.75 Å². The fourth-order valence-electron chi connectivity index (χ4n) is 3.87. The number of amides is 2. The van der Waals surface area contributed by atoms with Crippen molar-refractivity contribution in [2.75, 3.05) is 24.7 Å². The van der Waals surface area contributed by atoms with Gasteiger partial charge in [-0.1, -0.05) is 12.1 Å². The second kappa shape index (κ2) is 11.2. The number of hydrogen-bond acceptors (Lipinski definition) is 9. The lowest BCUT2D eigenvalue weighted by molar-refractivity contribution is -0.141. The summed E-state index contributed by atoms with van der Waals surface area (Å²) in [5.41, 5.74) is 0.167. The Kier molecular flexibility index (Phi) is 6.45. The van der Waals surface area contributed by atoms with Gasteiger partial charge in [0.1, 0.15) is 5.69 Å². The third kappa shape index (κ3) is 6.05. The summed E-state index contributed by atoms with van der Waals surface area (Å²) in [4.78, 5) is 37.2. The monoisotopic (exact) mass is 567 g/mol. The van der Waals surface area contributed by atoms with E-state index in [1.54, 1.807) is 18.2 Å². The van der Waals surface area contributed by atoms with Gasteiger partial charge in [0.25, 0.3) is 5.91 Å². The van der Waals surface area contributed by atoms with Crippen molar-refractivity contribution in [1.82, 2.24) is 30.5 Å². The van der Waals surface area contributed by atoms with Crippen molar-refractivity contribution in [3.8, 4) is 28.3 Å². The number of nitrogens with zero attached hydrogens (tertiary/aromatic N) is 5. The van der Waals surface area contributed by atoms with Crippen LogP contribution in [0.3, 0.4) is 0 Å². The van der Waals surface area contributed by atoms with Crippen LogP contribution < -0.4 is 20.7 Å². The molecule has 0 aliphatic heterocycles. The molecule has 210 valence electrons. The lowest BCUT2D eigenvalue weighted by Crippen LogP contribution is -2.22. The molecule has 4 aromatic rings. The molecule has 1 saturated carbocycles. The van der Waals surface area contributed by atoms with E-state index in [9.17, 15) is 22.8 Å². The quantitative estimate of drug-likeness (QED) is 0.281. The van der Waals surface area contributed by atoms with E-state index in [2.05, 4.69) is 35.8 Å². The first-order chi connectivity index (χ1) is 20.8. The average Bonchev–Trinajstić information content (AvgIpc) is 3.82. The summed E-state index contributed by atoms with van der Waals surface area (Å²) in [5, 5.41) is 15.2. The SMILES string of the molecule is [2H]C([2H])([2H])NC(=O)c1nnc(NC(=O)C2CC2)cc1Nc1cccc(-c2ncc(-c3ccc(C(F)(F)F)nc3)cn2)c1OC. The second-order valence-corrected chi connectivity index (χ2v) is 8.95. The van der Waals surface area contributed by atoms with Gasteiger partial charge in [-0.15, -0.1) is 10.2 Å². The van der Waals surface area contributed by atoms with E-state index in [0.29, 0.717) is 22.4 Å². The molecule has 3 aromatic heterocycles. The largest absolute Gasteiger partial charge is 0.494 e. The number of benzene rings is 1. The fraction of sp³-hybridized carbons (Fsp3) is 0.222. The van der Waals surface area contributed by atoms with E-state index >= 15 is 0 Å². The molecule has 14 heteroatoms. The zero-order valence-electron chi connectivity index (χ0n) is 24.3. The minimum absolute atomic E-state index is 0.0226. The van der Waals surface area contributed by atoms with Crippen molar-refractivity contribution in [3.63, 3.8) is 0 Å². The predicted molar refractivity (Wildman–Crippen MR) is 142 cm³/mol. The maximum Gasteiger partial charge on any atom is 0.433 e. The Morgan fingerprint density at radius 1 is 1.00 bits per heavy atom. The van der Waals surface area contributed by atoms with E-state index in [-0.39, 0.29) is 40.6 Å². The molecule has 1 aromatic carbocycles. The minimum atomic E-state index is -4.56. The van der Waals surface area contributed by atoms with Crippen molar-refractivity contribution in [2.24, 2.45) is 5.92 Å². The summed E-state index contributed by atoms with van der Waals surface area (Å²) >= 11 is 0. The van der Waals surface area contributed by atoms with E-state index in [1.165, 1.54) is 31.6 Å². The summed E-state index contributed by atoms with van der Waals surface area (Å²) in [5.74, 6) is -0.935. The van der Waals surface area contributed by atoms with Gasteiger partial charge in [0.05, 0.1) is 24.0 Å². The number of carbonyl (C=O) groups excluding carboxylic acids is 2. The summed E-state index contributed by atoms with van der Waals surface area (Å²) in [6.45, 7) is -2.80. The van der Waals surface area contributed by atoms with Gasteiger partial charge in [0, 0.05) is 52.8 Å². The van der Waals surface area contributed by atoms with Gasteiger partial charge in [-0.3, -0.25) is 14.6 Å². The zero-order valence-corrected chi connectivity index (χ0v) is 21.3. The Balaban J connectivity index is 1.45. The first-order valence-corrected chi connectivity index (χ1v) is 12.1. The molecular formula is C27H23F3N8O3. The predicted octanol–water partition coefficient (Wildman–Crippen LogP) is 4.47. The smallest absolute Gasteiger partial charge is 0.433 e. The lowest BCUT2D eigenvalue weighted by atomic mass is 10.1. The number of carbonyl (C=O) groups is 2. The maximum atomic E-state index is 12.9. The van der Waals surface area contributed by atoms with Crippen molar-refractivity contribution >= 4 is 29.0 Å². The molecule has 1 aliphatic carbocycles. The van der Waals surface area contributed by atoms with Crippen LogP contribution in [0.1, 0.15) is 33.1 Å². The number of pyridine rings is 1. The van der Waals surface area contributed by atoms with Crippen molar-refractivity contribution < 1.29 is 31.6 Å². The van der Waals surface area contributed by atoms with Crippen LogP contribution in [0.2, 0.25) is 0 Å². The van der Waals surface area contributed by atoms with Gasteiger partial charge in [-0.2, -0.15) is 13.2 Å². The molecule has 0 spiro atoms. The van der Waals surface area contributed by atoms with Crippen LogP contribution in [0, 0.1) is 5.92 Å². The molecule has 0 atom stereocenters. The van der Waals surface area contributed by atoms with Crippen LogP contribution in [-0.4, -0.2) is 51.0 Å². The number of halogens is 3. The Labute approximate surface area is 235 Å². The lowest BCUT2D eigenvalue weighted by Gasteiger charge is -2.16. The molecule has 11 nitrogen and oxygen atoms in total. The molecule has 0 radical (unpaired) electrons. The molecule has 1 aliphatic rings. The van der Waals surface area contributed by atoms with Crippen molar-refractivity contribution in [1.29, 1.82) is 0 Å². The highest BCUT2D eigenvalue weighted by Gasteiger charge is 2.32. The number of nitrogens with one attached hydrogen (secondary N) is 3. The Morgan fingerprint density at radius 3 is 2.39 bits per heavy atom. The topological polar surface area (TPSA) is 144 Å². The van der Waals surface area contributed by atoms with E-state index in [4.69, 9.17) is 8.85 Å². The molecule has 3 N–H and O–H groups in total. The number of anilines is 3. The summed E-state index contributed by atoms with van der Waals surface area (Å²) in [7, 11) is 1.39. The molecule has 0 unspecified atom stereocenters. The minimum Gasteiger partial charge on any atom is -0.494 e. The molecule has 1 fully saturated rings. The Morgan fingerprint density at radius 2 is 1.76 bits per heavy atom. The third-order valence-electron chi connectivity index (χ3n) is 6.09. The standard InChI is InChI=1S/C27H23F3N8O3/c1-31-26(40)22-19(10-21(37-38-22)36-25(39)14-6-7-14)35-18-5-3-4-17(23(18)41-2)24-33-12-16(13-34-24)15-8-9-20(32-11-15)27(28,29)30/h3-5,8-14H,6-7H2,1-2H3,(H,31,40)(H2,35,36,37,39)/i1D3. The normalized spacial score (nSPS) is 14.3. The molecule has 3 heterocycles. The molecule has 0 saturated heterocycles. The molecule has 0 bridgehead atoms. The maximum absolute atomic E-state index is 12.9. The number of aromatic nitrogens is 5. The zero-order chi connectivity index (χ0) is 31.6.